The number of ether oxygens (including phenoxy) is 1. The van der Waals surface area contributed by atoms with E-state index >= 15 is 0 Å². The molecule has 2 nitrogen and oxygen atoms in total. The van der Waals surface area contributed by atoms with Crippen LogP contribution in [0.1, 0.15) is 44.1 Å². The molecule has 2 rings (SSSR count). The summed E-state index contributed by atoms with van der Waals surface area (Å²) in [4.78, 5) is 0. The highest BCUT2D eigenvalue weighted by Crippen LogP contribution is 2.28. The van der Waals surface area contributed by atoms with Crippen LogP contribution in [0.4, 0.5) is 4.39 Å². The Kier molecular flexibility index (Phi) is 5.84. The molecule has 0 saturated heterocycles. The van der Waals surface area contributed by atoms with E-state index in [2.05, 4.69) is 5.32 Å². The van der Waals surface area contributed by atoms with E-state index < -0.39 is 0 Å². The Labute approximate surface area is 121 Å². The van der Waals surface area contributed by atoms with Gasteiger partial charge in [-0.25, -0.2) is 4.39 Å². The van der Waals surface area contributed by atoms with Gasteiger partial charge in [0.25, 0.3) is 0 Å². The molecular formula is C17H26FNO. The minimum Gasteiger partial charge on any atom is -0.494 e. The molecule has 0 bridgehead atoms. The van der Waals surface area contributed by atoms with Gasteiger partial charge in [-0.05, 0) is 49.9 Å². The Morgan fingerprint density at radius 1 is 1.25 bits per heavy atom. The van der Waals surface area contributed by atoms with Crippen LogP contribution in [0, 0.1) is 11.7 Å². The van der Waals surface area contributed by atoms with Crippen LogP contribution in [-0.4, -0.2) is 20.2 Å². The van der Waals surface area contributed by atoms with Gasteiger partial charge in [0, 0.05) is 6.04 Å². The summed E-state index contributed by atoms with van der Waals surface area (Å²) in [5, 5.41) is 3.44. The summed E-state index contributed by atoms with van der Waals surface area (Å²) >= 11 is 0. The topological polar surface area (TPSA) is 21.3 Å². The van der Waals surface area contributed by atoms with Crippen molar-refractivity contribution in [2.75, 3.05) is 14.2 Å². The average Bonchev–Trinajstić information content (AvgIpc) is 2.74. The highest BCUT2D eigenvalue weighted by atomic mass is 19.1. The van der Waals surface area contributed by atoms with Gasteiger partial charge in [-0.3, -0.25) is 0 Å². The lowest BCUT2D eigenvalue weighted by molar-refractivity contribution is 0.332. The summed E-state index contributed by atoms with van der Waals surface area (Å²) in [6.07, 6.45) is 8.88. The highest BCUT2D eigenvalue weighted by molar-refractivity contribution is 5.29. The van der Waals surface area contributed by atoms with E-state index in [9.17, 15) is 4.39 Å². The van der Waals surface area contributed by atoms with Crippen molar-refractivity contribution in [3.63, 3.8) is 0 Å². The van der Waals surface area contributed by atoms with Gasteiger partial charge in [0.1, 0.15) is 0 Å². The first kappa shape index (κ1) is 15.3. The fourth-order valence-electron chi connectivity index (χ4n) is 3.31. The van der Waals surface area contributed by atoms with E-state index in [-0.39, 0.29) is 5.82 Å². The zero-order chi connectivity index (χ0) is 14.4. The number of halogens is 1. The number of rotatable bonds is 5. The fourth-order valence-corrected chi connectivity index (χ4v) is 3.31. The molecule has 1 unspecified atom stereocenters. The number of hydrogen-bond acceptors (Lipinski definition) is 2. The van der Waals surface area contributed by atoms with Crippen LogP contribution in [0.2, 0.25) is 0 Å². The van der Waals surface area contributed by atoms with E-state index in [0.29, 0.717) is 17.7 Å². The molecule has 1 saturated carbocycles. The van der Waals surface area contributed by atoms with Gasteiger partial charge in [-0.2, -0.15) is 0 Å². The third-order valence-corrected chi connectivity index (χ3v) is 4.51. The number of hydrogen-bond donors (Lipinski definition) is 1. The molecule has 3 heteroatoms. The average molecular weight is 279 g/mol. The summed E-state index contributed by atoms with van der Waals surface area (Å²) < 4.78 is 18.7. The number of methoxy groups -OCH3 is 1. The Morgan fingerprint density at radius 3 is 2.50 bits per heavy atom. The van der Waals surface area contributed by atoms with Crippen molar-refractivity contribution < 1.29 is 9.13 Å². The molecule has 1 fully saturated rings. The van der Waals surface area contributed by atoms with Crippen LogP contribution in [0.15, 0.2) is 18.2 Å². The summed E-state index contributed by atoms with van der Waals surface area (Å²) in [6.45, 7) is 0. The van der Waals surface area contributed by atoms with Gasteiger partial charge in [-0.1, -0.05) is 31.7 Å². The summed E-state index contributed by atoms with van der Waals surface area (Å²) in [6, 6.07) is 5.76. The first-order chi connectivity index (χ1) is 9.74. The molecule has 1 aliphatic carbocycles. The van der Waals surface area contributed by atoms with Crippen molar-refractivity contribution in [1.82, 2.24) is 5.32 Å². The molecule has 1 atom stereocenters. The lowest BCUT2D eigenvalue weighted by Gasteiger charge is -2.26. The van der Waals surface area contributed by atoms with Crippen molar-refractivity contribution >= 4 is 0 Å². The van der Waals surface area contributed by atoms with E-state index in [1.807, 2.05) is 13.1 Å². The predicted molar refractivity (Wildman–Crippen MR) is 80.7 cm³/mol. The lowest BCUT2D eigenvalue weighted by atomic mass is 9.88. The molecule has 0 aromatic heterocycles. The molecule has 1 aliphatic rings. The van der Waals surface area contributed by atoms with Crippen LogP contribution in [0.25, 0.3) is 0 Å². The van der Waals surface area contributed by atoms with Gasteiger partial charge in [-0.15, -0.1) is 0 Å². The second kappa shape index (κ2) is 7.63. The zero-order valence-corrected chi connectivity index (χ0v) is 12.6. The lowest BCUT2D eigenvalue weighted by Crippen LogP contribution is -2.35. The van der Waals surface area contributed by atoms with Crippen molar-refractivity contribution in [2.24, 2.45) is 5.92 Å². The molecule has 112 valence electrons. The van der Waals surface area contributed by atoms with Gasteiger partial charge in [0.15, 0.2) is 11.6 Å². The van der Waals surface area contributed by atoms with Crippen LogP contribution < -0.4 is 10.1 Å². The Bertz CT molecular complexity index is 413. The van der Waals surface area contributed by atoms with Crippen molar-refractivity contribution in [2.45, 2.75) is 51.0 Å². The standard InChI is InChI=1S/C17H26FNO/c1-19-16(14-7-5-3-4-6-8-14)12-13-9-10-17(20-2)15(18)11-13/h9-11,14,16,19H,3-8,12H2,1-2H3. The van der Waals surface area contributed by atoms with E-state index in [1.54, 1.807) is 12.1 Å². The molecule has 0 heterocycles. The molecule has 1 aromatic rings. The maximum atomic E-state index is 13.8. The minimum absolute atomic E-state index is 0.263. The predicted octanol–water partition coefficient (Wildman–Crippen LogP) is 3.94. The van der Waals surface area contributed by atoms with Gasteiger partial charge in [0.05, 0.1) is 7.11 Å². The summed E-state index contributed by atoms with van der Waals surface area (Å²) in [5.41, 5.74) is 1.05. The summed E-state index contributed by atoms with van der Waals surface area (Å²) in [7, 11) is 3.52. The molecule has 0 aliphatic heterocycles. The Hall–Kier alpha value is -1.09. The van der Waals surface area contributed by atoms with Crippen molar-refractivity contribution in [1.29, 1.82) is 0 Å². The quantitative estimate of drug-likeness (QED) is 0.824. The fraction of sp³-hybridized carbons (Fsp3) is 0.647. The first-order valence-corrected chi connectivity index (χ1v) is 7.74. The van der Waals surface area contributed by atoms with Crippen LogP contribution in [0.3, 0.4) is 0 Å². The van der Waals surface area contributed by atoms with Gasteiger partial charge in [0.2, 0.25) is 0 Å². The zero-order valence-electron chi connectivity index (χ0n) is 12.6. The minimum atomic E-state index is -0.263. The number of nitrogens with one attached hydrogen (secondary N) is 1. The smallest absolute Gasteiger partial charge is 0.165 e. The third kappa shape index (κ3) is 3.95. The molecule has 1 N–H and O–H groups in total. The second-order valence-corrected chi connectivity index (χ2v) is 5.82. The molecular weight excluding hydrogens is 253 g/mol. The molecule has 0 radical (unpaired) electrons. The molecule has 1 aromatic carbocycles. The van der Waals surface area contributed by atoms with Crippen molar-refractivity contribution in [3.8, 4) is 5.75 Å². The molecule has 20 heavy (non-hydrogen) atoms. The van der Waals surface area contributed by atoms with Gasteiger partial charge >= 0.3 is 0 Å². The van der Waals surface area contributed by atoms with E-state index in [0.717, 1.165) is 12.0 Å². The first-order valence-electron chi connectivity index (χ1n) is 7.74. The SMILES string of the molecule is CNC(Cc1ccc(OC)c(F)c1)C1CCCCCC1. The maximum absolute atomic E-state index is 13.8. The van der Waals surface area contributed by atoms with Crippen LogP contribution >= 0.6 is 0 Å². The van der Waals surface area contributed by atoms with Crippen LogP contribution in [-0.2, 0) is 6.42 Å². The van der Waals surface area contributed by atoms with E-state index in [1.165, 1.54) is 45.6 Å². The number of benzene rings is 1. The summed E-state index contributed by atoms with van der Waals surface area (Å²) in [5.74, 6) is 0.776. The number of likely N-dealkylation sites (N-methyl/N-ethyl adjacent to an activating group) is 1. The normalized spacial score (nSPS) is 18.6. The highest BCUT2D eigenvalue weighted by Gasteiger charge is 2.22. The second-order valence-electron chi connectivity index (χ2n) is 5.82. The molecule has 0 spiro atoms. The van der Waals surface area contributed by atoms with Crippen LogP contribution in [0.5, 0.6) is 5.75 Å². The third-order valence-electron chi connectivity index (χ3n) is 4.51. The Morgan fingerprint density at radius 2 is 1.95 bits per heavy atom. The maximum Gasteiger partial charge on any atom is 0.165 e. The largest absolute Gasteiger partial charge is 0.494 e. The monoisotopic (exact) mass is 279 g/mol. The van der Waals surface area contributed by atoms with E-state index in [4.69, 9.17) is 4.74 Å². The molecule has 0 amide bonds. The van der Waals surface area contributed by atoms with Gasteiger partial charge < -0.3 is 10.1 Å². The van der Waals surface area contributed by atoms with Crippen molar-refractivity contribution in [3.05, 3.63) is 29.6 Å². The Balaban J connectivity index is 2.03.